The summed E-state index contributed by atoms with van der Waals surface area (Å²) in [5.41, 5.74) is 0. The van der Waals surface area contributed by atoms with Gasteiger partial charge in [0.05, 0.1) is 0 Å². The molecule has 0 nitrogen and oxygen atoms in total. The average molecular weight is 661 g/mol. The first-order valence-electron chi connectivity index (χ1n) is 11.9. The van der Waals surface area contributed by atoms with Crippen LogP contribution in [0.5, 0.6) is 0 Å². The molecule has 0 saturated carbocycles. The first kappa shape index (κ1) is 25.2. The van der Waals surface area contributed by atoms with Gasteiger partial charge in [-0.25, -0.2) is 0 Å². The summed E-state index contributed by atoms with van der Waals surface area (Å²) in [6.07, 6.45) is 0. The van der Waals surface area contributed by atoms with E-state index < -0.39 is 0 Å². The number of benzene rings is 6. The van der Waals surface area contributed by atoms with Gasteiger partial charge in [-0.3, -0.25) is 0 Å². The zero-order chi connectivity index (χ0) is 24.9. The maximum absolute atomic E-state index is 2.31. The van der Waals surface area contributed by atoms with Crippen molar-refractivity contribution in [3.05, 3.63) is 133 Å². The minimum absolute atomic E-state index is 0.277. The molecule has 0 spiro atoms. The van der Waals surface area contributed by atoms with Gasteiger partial charge in [0.15, 0.2) is 0 Å². The number of hydrogen-bond acceptors (Lipinski definition) is 3. The Bertz CT molecular complexity index is 1520. The van der Waals surface area contributed by atoms with Crippen molar-refractivity contribution in [3.8, 4) is 0 Å². The van der Waals surface area contributed by atoms with E-state index in [1.165, 1.54) is 49.2 Å². The van der Waals surface area contributed by atoms with Crippen molar-refractivity contribution in [1.29, 1.82) is 0 Å². The van der Waals surface area contributed by atoms with Crippen LogP contribution in [-0.2, 0) is 0 Å². The summed E-state index contributed by atoms with van der Waals surface area (Å²) in [5.74, 6) is 0. The molecule has 0 radical (unpaired) electrons. The Hall–Kier alpha value is -2.07. The van der Waals surface area contributed by atoms with E-state index in [2.05, 4.69) is 133 Å². The van der Waals surface area contributed by atoms with E-state index in [1.54, 1.807) is 0 Å². The van der Waals surface area contributed by atoms with E-state index in [-0.39, 0.29) is 29.9 Å². The van der Waals surface area contributed by atoms with Gasteiger partial charge in [-0.2, -0.15) is 0 Å². The van der Waals surface area contributed by atoms with Crippen LogP contribution in [0.2, 0.25) is 0 Å². The number of rotatable bonds is 8. The third kappa shape index (κ3) is 6.00. The van der Waals surface area contributed by atoms with E-state index in [0.717, 1.165) is 0 Å². The van der Waals surface area contributed by atoms with Gasteiger partial charge in [0, 0.05) is 0 Å². The Kier molecular flexibility index (Phi) is 8.31. The summed E-state index contributed by atoms with van der Waals surface area (Å²) in [4.78, 5) is 2.69. The molecule has 6 rings (SSSR count). The second-order valence-corrected chi connectivity index (χ2v) is 16.9. The van der Waals surface area contributed by atoms with Crippen LogP contribution in [0, 0.1) is 0 Å². The van der Waals surface area contributed by atoms with Gasteiger partial charge in [-0.15, -0.1) is 0 Å². The minimum atomic E-state index is 0.277. The van der Waals surface area contributed by atoms with Gasteiger partial charge in [0.1, 0.15) is 0 Å². The van der Waals surface area contributed by atoms with E-state index in [0.29, 0.717) is 0 Å². The Morgan fingerprint density at radius 1 is 0.378 bits per heavy atom. The molecule has 0 aromatic heterocycles. The Balaban J connectivity index is 1.27. The van der Waals surface area contributed by atoms with Crippen molar-refractivity contribution in [2.45, 2.75) is 9.79 Å². The molecule has 37 heavy (non-hydrogen) atoms. The molecule has 0 saturated heterocycles. The van der Waals surface area contributed by atoms with E-state index in [1.807, 2.05) is 31.4 Å². The van der Waals surface area contributed by atoms with Crippen LogP contribution in [0.3, 0.4) is 0 Å². The molecule has 0 fully saturated rings. The van der Waals surface area contributed by atoms with E-state index in [4.69, 9.17) is 0 Å². The van der Waals surface area contributed by atoms with Gasteiger partial charge >= 0.3 is 244 Å². The fourth-order valence-electron chi connectivity index (χ4n) is 4.18. The summed E-state index contributed by atoms with van der Waals surface area (Å²) in [6.45, 7) is 0. The van der Waals surface area contributed by atoms with Gasteiger partial charge in [-0.1, -0.05) is 0 Å². The van der Waals surface area contributed by atoms with Crippen molar-refractivity contribution in [3.63, 3.8) is 0 Å². The molecule has 5 heteroatoms. The molecule has 0 N–H and O–H groups in total. The molecule has 0 bridgehead atoms. The Morgan fingerprint density at radius 2 is 0.784 bits per heavy atom. The monoisotopic (exact) mass is 662 g/mol. The first-order valence-corrected chi connectivity index (χ1v) is 18.8. The molecular formula is C32H22S3Se2. The summed E-state index contributed by atoms with van der Waals surface area (Å²) in [5, 5.41) is 5.45. The van der Waals surface area contributed by atoms with Crippen molar-refractivity contribution in [2.75, 3.05) is 0 Å². The maximum atomic E-state index is 2.31. The molecule has 0 aliphatic carbocycles. The number of fused-ring (bicyclic) bond motifs is 2. The fraction of sp³-hybridized carbons (Fsp3) is 0. The molecular weight excluding hydrogens is 638 g/mol. The third-order valence-corrected chi connectivity index (χ3v) is 14.2. The van der Waals surface area contributed by atoms with Gasteiger partial charge in [0.25, 0.3) is 0 Å². The molecule has 0 heterocycles. The normalized spacial score (nSPS) is 11.2. The van der Waals surface area contributed by atoms with Crippen LogP contribution in [0.4, 0.5) is 0 Å². The van der Waals surface area contributed by atoms with Crippen molar-refractivity contribution >= 4 is 101 Å². The zero-order valence-electron chi connectivity index (χ0n) is 19.7. The summed E-state index contributed by atoms with van der Waals surface area (Å²) < 4.78 is 5.71. The van der Waals surface area contributed by atoms with Crippen LogP contribution < -0.4 is 17.8 Å². The van der Waals surface area contributed by atoms with Crippen LogP contribution >= 0.6 is 31.4 Å². The molecule has 6 aromatic carbocycles. The summed E-state index contributed by atoms with van der Waals surface area (Å²) >= 11 is 0.554. The van der Waals surface area contributed by atoms with E-state index >= 15 is 0 Å². The zero-order valence-corrected chi connectivity index (χ0v) is 25.6. The third-order valence-electron chi connectivity index (χ3n) is 5.85. The predicted octanol–water partition coefficient (Wildman–Crippen LogP) is 6.75. The van der Waals surface area contributed by atoms with Crippen molar-refractivity contribution in [1.82, 2.24) is 0 Å². The average Bonchev–Trinajstić information content (AvgIpc) is 2.94. The van der Waals surface area contributed by atoms with Crippen molar-refractivity contribution in [2.24, 2.45) is 0 Å². The first-order chi connectivity index (χ1) is 18.3. The quantitative estimate of drug-likeness (QED) is 0.131. The van der Waals surface area contributed by atoms with Crippen LogP contribution in [-0.4, -0.2) is 29.9 Å². The molecule has 0 amide bonds. The SMILES string of the molecule is c1ccc([Se]c2cccc3cccc(SSSc4cccc5cccc([Se]c6ccccc6)c45)c23)cc1. The second-order valence-electron chi connectivity index (χ2n) is 8.29. The fourth-order valence-corrected chi connectivity index (χ4v) is 12.8. The molecule has 180 valence electrons. The van der Waals surface area contributed by atoms with Crippen LogP contribution in [0.25, 0.3) is 21.5 Å². The predicted molar refractivity (Wildman–Crippen MR) is 170 cm³/mol. The summed E-state index contributed by atoms with van der Waals surface area (Å²) in [7, 11) is 5.63. The molecule has 0 aliphatic rings. The van der Waals surface area contributed by atoms with Crippen LogP contribution in [0.1, 0.15) is 0 Å². The molecule has 0 unspecified atom stereocenters. The second kappa shape index (κ2) is 12.2. The van der Waals surface area contributed by atoms with E-state index in [9.17, 15) is 0 Å². The van der Waals surface area contributed by atoms with Gasteiger partial charge < -0.3 is 0 Å². The topological polar surface area (TPSA) is 0 Å². The van der Waals surface area contributed by atoms with Gasteiger partial charge in [0.2, 0.25) is 0 Å². The molecule has 0 atom stereocenters. The van der Waals surface area contributed by atoms with Crippen molar-refractivity contribution < 1.29 is 0 Å². The Labute approximate surface area is 242 Å². The van der Waals surface area contributed by atoms with Crippen LogP contribution in [0.15, 0.2) is 143 Å². The van der Waals surface area contributed by atoms with Gasteiger partial charge in [-0.05, 0) is 0 Å². The molecule has 6 aromatic rings. The Morgan fingerprint density at radius 3 is 1.22 bits per heavy atom. The summed E-state index contributed by atoms with van der Waals surface area (Å²) in [6, 6.07) is 48.6. The standard InChI is InChI=1S/C32H22S3Se2/c1-3-15-25(16-4-1)36-29-21-9-13-23-11-7-19-27(31(23)29)33-35-34-28-20-8-12-24-14-10-22-30(32(24)28)37-26-17-5-2-6-18-26/h1-22H. The number of hydrogen-bond donors (Lipinski definition) is 0. The molecule has 0 aliphatic heterocycles.